The van der Waals surface area contributed by atoms with Crippen LogP contribution >= 0.6 is 0 Å². The van der Waals surface area contributed by atoms with Crippen LogP contribution < -0.4 is 0 Å². The highest BCUT2D eigenvalue weighted by atomic mass is 16.5. The van der Waals surface area contributed by atoms with E-state index in [1.807, 2.05) is 4.90 Å². The first-order valence-electron chi connectivity index (χ1n) is 7.78. The van der Waals surface area contributed by atoms with Crippen molar-refractivity contribution >= 4 is 5.91 Å². The molecule has 6 nitrogen and oxygen atoms in total. The largest absolute Gasteiger partial charge is 0.340 e. The third kappa shape index (κ3) is 4.27. The number of likely N-dealkylation sites (tertiary alicyclic amines) is 1. The molecule has 0 aliphatic carbocycles. The second kappa shape index (κ2) is 7.02. The highest BCUT2D eigenvalue weighted by molar-refractivity contribution is 5.73. The molecule has 0 bridgehead atoms. The molecule has 0 saturated carbocycles. The van der Waals surface area contributed by atoms with E-state index in [9.17, 15) is 4.79 Å². The van der Waals surface area contributed by atoms with Gasteiger partial charge in [0.15, 0.2) is 5.82 Å². The molecule has 1 aliphatic rings. The van der Waals surface area contributed by atoms with Crippen LogP contribution in [0.15, 0.2) is 4.52 Å². The molecule has 1 aromatic heterocycles. The van der Waals surface area contributed by atoms with E-state index in [4.69, 9.17) is 4.52 Å². The van der Waals surface area contributed by atoms with Gasteiger partial charge in [0, 0.05) is 45.4 Å². The van der Waals surface area contributed by atoms with Gasteiger partial charge in [-0.3, -0.25) is 9.69 Å². The zero-order valence-electron chi connectivity index (χ0n) is 13.5. The van der Waals surface area contributed by atoms with E-state index in [-0.39, 0.29) is 5.91 Å². The Hall–Kier alpha value is -1.43. The predicted molar refractivity (Wildman–Crippen MR) is 79.9 cm³/mol. The number of aromatic nitrogens is 2. The van der Waals surface area contributed by atoms with Gasteiger partial charge in [-0.25, -0.2) is 0 Å². The first-order valence-corrected chi connectivity index (χ1v) is 7.78. The lowest BCUT2D eigenvalue weighted by atomic mass is 10.0. The molecule has 0 spiro atoms. The topological polar surface area (TPSA) is 62.5 Å². The Labute approximate surface area is 126 Å². The molecule has 21 heavy (non-hydrogen) atoms. The Kier molecular flexibility index (Phi) is 5.33. The van der Waals surface area contributed by atoms with E-state index in [2.05, 4.69) is 28.9 Å². The lowest BCUT2D eigenvalue weighted by Crippen LogP contribution is -2.51. The first kappa shape index (κ1) is 15.9. The van der Waals surface area contributed by atoms with Crippen LogP contribution in [0.5, 0.6) is 0 Å². The number of hydrogen-bond acceptors (Lipinski definition) is 5. The molecule has 1 fully saturated rings. The Morgan fingerprint density at radius 1 is 1.52 bits per heavy atom. The molecule has 0 radical (unpaired) electrons. The summed E-state index contributed by atoms with van der Waals surface area (Å²) in [5, 5.41) is 3.90. The molecule has 1 aromatic rings. The second-order valence-corrected chi connectivity index (χ2v) is 6.08. The van der Waals surface area contributed by atoms with Crippen LogP contribution in [0.2, 0.25) is 0 Å². The molecule has 1 atom stereocenters. The minimum Gasteiger partial charge on any atom is -0.340 e. The van der Waals surface area contributed by atoms with Gasteiger partial charge in [-0.05, 0) is 33.2 Å². The smallest absolute Gasteiger partial charge is 0.223 e. The van der Waals surface area contributed by atoms with Gasteiger partial charge in [-0.1, -0.05) is 5.16 Å². The zero-order chi connectivity index (χ0) is 15.4. The van der Waals surface area contributed by atoms with Gasteiger partial charge in [-0.2, -0.15) is 4.98 Å². The van der Waals surface area contributed by atoms with E-state index in [0.29, 0.717) is 36.8 Å². The average molecular weight is 294 g/mol. The Bertz CT molecular complexity index is 472. The molecule has 2 heterocycles. The Balaban J connectivity index is 1.96. The third-order valence-corrected chi connectivity index (χ3v) is 4.15. The van der Waals surface area contributed by atoms with E-state index >= 15 is 0 Å². The van der Waals surface area contributed by atoms with Crippen molar-refractivity contribution in [3.63, 3.8) is 0 Å². The van der Waals surface area contributed by atoms with Crippen LogP contribution in [0.25, 0.3) is 0 Å². The summed E-state index contributed by atoms with van der Waals surface area (Å²) < 4.78 is 4.98. The van der Waals surface area contributed by atoms with E-state index < -0.39 is 0 Å². The van der Waals surface area contributed by atoms with Gasteiger partial charge in [0.25, 0.3) is 0 Å². The van der Waals surface area contributed by atoms with Crippen molar-refractivity contribution in [3.8, 4) is 0 Å². The molecule has 1 aliphatic heterocycles. The maximum atomic E-state index is 12.0. The minimum atomic E-state index is 0.130. The normalized spacial score (nSPS) is 20.0. The monoisotopic (exact) mass is 294 g/mol. The van der Waals surface area contributed by atoms with Crippen molar-refractivity contribution in [1.29, 1.82) is 0 Å². The summed E-state index contributed by atoms with van der Waals surface area (Å²) in [6.07, 6.45) is 2.87. The standard InChI is InChI=1S/C15H26N4O2/c1-11(2)18-8-5-6-14(10-18)19(13(4)20)9-7-15-16-12(3)21-17-15/h11,14H,5-10H2,1-4H3. The maximum Gasteiger partial charge on any atom is 0.223 e. The number of carbonyl (C=O) groups is 1. The quantitative estimate of drug-likeness (QED) is 0.826. The summed E-state index contributed by atoms with van der Waals surface area (Å²) in [5.74, 6) is 1.38. The molecule has 1 unspecified atom stereocenters. The van der Waals surface area contributed by atoms with Crippen LogP contribution in [0.1, 0.15) is 45.3 Å². The van der Waals surface area contributed by atoms with Crippen molar-refractivity contribution in [2.45, 2.75) is 59.0 Å². The number of aryl methyl sites for hydroxylation is 1. The molecule has 1 amide bonds. The fourth-order valence-electron chi connectivity index (χ4n) is 2.97. The van der Waals surface area contributed by atoms with Crippen LogP contribution in [0, 0.1) is 6.92 Å². The molecular weight excluding hydrogens is 268 g/mol. The summed E-state index contributed by atoms with van der Waals surface area (Å²) in [5.41, 5.74) is 0. The van der Waals surface area contributed by atoms with Crippen LogP contribution in [0.3, 0.4) is 0 Å². The summed E-state index contributed by atoms with van der Waals surface area (Å²) in [4.78, 5) is 20.6. The third-order valence-electron chi connectivity index (χ3n) is 4.15. The van der Waals surface area contributed by atoms with Crippen molar-refractivity contribution < 1.29 is 9.32 Å². The predicted octanol–water partition coefficient (Wildman–Crippen LogP) is 1.64. The molecule has 6 heteroatoms. The number of amides is 1. The van der Waals surface area contributed by atoms with Gasteiger partial charge >= 0.3 is 0 Å². The van der Waals surface area contributed by atoms with Crippen LogP contribution in [0.4, 0.5) is 0 Å². The lowest BCUT2D eigenvalue weighted by molar-refractivity contribution is -0.132. The molecule has 0 N–H and O–H groups in total. The van der Waals surface area contributed by atoms with Gasteiger partial charge < -0.3 is 9.42 Å². The fourth-order valence-corrected chi connectivity index (χ4v) is 2.97. The average Bonchev–Trinajstić information content (AvgIpc) is 2.84. The summed E-state index contributed by atoms with van der Waals surface area (Å²) in [6.45, 7) is 10.6. The van der Waals surface area contributed by atoms with Crippen LogP contribution in [-0.2, 0) is 11.2 Å². The minimum absolute atomic E-state index is 0.130. The van der Waals surface area contributed by atoms with Gasteiger partial charge in [0.05, 0.1) is 0 Å². The first-order chi connectivity index (χ1) is 9.97. The molecular formula is C15H26N4O2. The van der Waals surface area contributed by atoms with Crippen molar-refractivity contribution in [1.82, 2.24) is 19.9 Å². The Morgan fingerprint density at radius 2 is 2.29 bits per heavy atom. The van der Waals surface area contributed by atoms with Crippen molar-refractivity contribution in [2.75, 3.05) is 19.6 Å². The van der Waals surface area contributed by atoms with Gasteiger partial charge in [0.1, 0.15) is 0 Å². The summed E-state index contributed by atoms with van der Waals surface area (Å²) >= 11 is 0. The number of hydrogen-bond donors (Lipinski definition) is 0. The summed E-state index contributed by atoms with van der Waals surface area (Å²) in [6, 6.07) is 0.827. The molecule has 2 rings (SSSR count). The van der Waals surface area contributed by atoms with E-state index in [0.717, 1.165) is 25.9 Å². The van der Waals surface area contributed by atoms with Gasteiger partial charge in [-0.15, -0.1) is 0 Å². The zero-order valence-corrected chi connectivity index (χ0v) is 13.5. The number of nitrogens with zero attached hydrogens (tertiary/aromatic N) is 4. The van der Waals surface area contributed by atoms with Crippen molar-refractivity contribution in [2.24, 2.45) is 0 Å². The Morgan fingerprint density at radius 3 is 2.86 bits per heavy atom. The number of rotatable bonds is 5. The van der Waals surface area contributed by atoms with Crippen LogP contribution in [-0.4, -0.2) is 57.6 Å². The highest BCUT2D eigenvalue weighted by Gasteiger charge is 2.28. The lowest BCUT2D eigenvalue weighted by Gasteiger charge is -2.40. The molecule has 1 saturated heterocycles. The second-order valence-electron chi connectivity index (χ2n) is 6.08. The number of carbonyl (C=O) groups excluding carboxylic acids is 1. The summed E-state index contributed by atoms with van der Waals surface area (Å²) in [7, 11) is 0. The molecule has 118 valence electrons. The van der Waals surface area contributed by atoms with Crippen molar-refractivity contribution in [3.05, 3.63) is 11.7 Å². The van der Waals surface area contributed by atoms with Gasteiger partial charge in [0.2, 0.25) is 11.8 Å². The number of piperidine rings is 1. The van der Waals surface area contributed by atoms with E-state index in [1.165, 1.54) is 0 Å². The maximum absolute atomic E-state index is 12.0. The SMILES string of the molecule is CC(=O)N(CCc1noc(C)n1)C1CCCN(C(C)C)C1. The highest BCUT2D eigenvalue weighted by Crippen LogP contribution is 2.18. The molecule has 0 aromatic carbocycles. The fraction of sp³-hybridized carbons (Fsp3) is 0.800. The van der Waals surface area contributed by atoms with E-state index in [1.54, 1.807) is 13.8 Å².